The molecular weight excluding hydrogens is 945 g/mol. The number of benzene rings is 16. The fourth-order valence-corrected chi connectivity index (χ4v) is 15.5. The molecule has 0 spiro atoms. The van der Waals surface area contributed by atoms with Crippen LogP contribution in [0, 0.1) is 6.92 Å². The molecule has 16 aromatic rings. The van der Waals surface area contributed by atoms with E-state index in [0.717, 1.165) is 64.6 Å². The number of nitrogens with zero attached hydrogens (tertiary/aromatic N) is 2. The molecule has 0 bridgehead atoms. The van der Waals surface area contributed by atoms with Crippen LogP contribution in [0.25, 0.3) is 162 Å². The van der Waals surface area contributed by atoms with E-state index in [1.807, 2.05) is 52.0 Å². The second kappa shape index (κ2) is 13.7. The second-order valence-corrected chi connectivity index (χ2v) is 22.7. The largest absolute Gasteiger partial charge is 0.272 e. The molecule has 6 heteroatoms. The first kappa shape index (κ1) is 41.8. The Bertz CT molecular complexity index is 5330. The molecule has 6 nitrogen and oxygen atoms in total. The normalized spacial score (nSPS) is 14.6. The van der Waals surface area contributed by atoms with Crippen molar-refractivity contribution in [1.82, 2.24) is 9.80 Å². The van der Waals surface area contributed by atoms with Gasteiger partial charge in [-0.1, -0.05) is 127 Å². The average Bonchev–Trinajstić information content (AvgIpc) is 3.38. The third-order valence-corrected chi connectivity index (χ3v) is 18.5. The number of imide groups is 2. The van der Waals surface area contributed by atoms with Gasteiger partial charge in [0.15, 0.2) is 0 Å². The summed E-state index contributed by atoms with van der Waals surface area (Å²) >= 11 is 0. The van der Waals surface area contributed by atoms with Crippen molar-refractivity contribution < 1.29 is 19.2 Å². The van der Waals surface area contributed by atoms with Crippen LogP contribution >= 0.6 is 0 Å². The van der Waals surface area contributed by atoms with Gasteiger partial charge in [0, 0.05) is 45.1 Å². The van der Waals surface area contributed by atoms with Crippen LogP contribution in [-0.2, 0) is 0 Å². The zero-order chi connectivity index (χ0) is 51.5. The lowest BCUT2D eigenvalue weighted by molar-refractivity contribution is 0.0547. The first-order valence-electron chi connectivity index (χ1n) is 26.8. The Morgan fingerprint density at radius 2 is 0.468 bits per heavy atom. The minimum absolute atomic E-state index is 0.231. The Labute approximate surface area is 438 Å². The number of hydrogen-bond donors (Lipinski definition) is 0. The van der Waals surface area contributed by atoms with Crippen molar-refractivity contribution in [3.8, 4) is 11.1 Å². The SMILES string of the molecule is Cc1ccc2c3ccc4c5c(ccc(c6ccc(-c7ccc8c9ccc%10c%11ccc%12c%13ccc%14c%15c(ccc(c%16ccc(c%17ccc(c%18cccc7c%188)c9c%17%10)c%11c%16%12)c%15%13)C(=O)N(C(C)C)C%14=O)c1c26)c53)C(=O)N(C(C)C)C4=O. The van der Waals surface area contributed by atoms with Crippen molar-refractivity contribution in [3.05, 3.63) is 179 Å². The Morgan fingerprint density at radius 1 is 0.234 bits per heavy atom. The van der Waals surface area contributed by atoms with Gasteiger partial charge in [-0.25, -0.2) is 0 Å². The van der Waals surface area contributed by atoms with Crippen molar-refractivity contribution in [2.75, 3.05) is 0 Å². The number of carbonyl (C=O) groups excluding carboxylic acids is 4. The third-order valence-electron chi connectivity index (χ3n) is 18.5. The number of amides is 4. The predicted octanol–water partition coefficient (Wildman–Crippen LogP) is 17.6. The van der Waals surface area contributed by atoms with Crippen LogP contribution in [0.1, 0.15) is 74.7 Å². The Kier molecular flexibility index (Phi) is 7.41. The highest BCUT2D eigenvalue weighted by Crippen LogP contribution is 2.53. The van der Waals surface area contributed by atoms with E-state index in [-0.39, 0.29) is 35.7 Å². The van der Waals surface area contributed by atoms with Crippen molar-refractivity contribution in [1.29, 1.82) is 0 Å². The standard InChI is InChI=1S/C71H42N2O4/c1-31(2)72-68(74)53-27-23-49-39-10-9-33(5)57-37(13-14-42(59(39)57)50-24-28-54(69(72)75)66(53)64(49)50)34-11-12-38-41-16-18-44-46-20-22-48-52-26-30-56-67-55(70(76)73(32(3)4)71(56)77)29-25-51(65(52)67)47-21-19-45(62(46)63(47)48)43-17-15-40(60(41)61(43)44)36-8-6-7-35(34)58(36)38/h6-32H,1-5H3. The molecule has 0 saturated carbocycles. The van der Waals surface area contributed by atoms with Crippen LogP contribution in [-0.4, -0.2) is 45.5 Å². The molecule has 0 aromatic heterocycles. The highest BCUT2D eigenvalue weighted by molar-refractivity contribution is 6.48. The fourth-order valence-electron chi connectivity index (χ4n) is 15.5. The van der Waals surface area contributed by atoms with Gasteiger partial charge in [0.1, 0.15) is 0 Å². The fraction of sp³-hybridized carbons (Fsp3) is 0.0986. The molecule has 18 rings (SSSR count). The van der Waals surface area contributed by atoms with Gasteiger partial charge < -0.3 is 0 Å². The molecule has 360 valence electrons. The highest BCUT2D eigenvalue weighted by Gasteiger charge is 2.38. The van der Waals surface area contributed by atoms with Crippen LogP contribution < -0.4 is 0 Å². The zero-order valence-electron chi connectivity index (χ0n) is 42.6. The van der Waals surface area contributed by atoms with E-state index in [9.17, 15) is 19.2 Å². The van der Waals surface area contributed by atoms with Crippen molar-refractivity contribution in [3.63, 3.8) is 0 Å². The monoisotopic (exact) mass is 986 g/mol. The summed E-state index contributed by atoms with van der Waals surface area (Å²) in [4.78, 5) is 58.5. The maximum Gasteiger partial charge on any atom is 0.261 e. The van der Waals surface area contributed by atoms with E-state index in [4.69, 9.17) is 0 Å². The number of rotatable bonds is 3. The molecule has 16 aromatic carbocycles. The quantitative estimate of drug-likeness (QED) is 0.100. The molecule has 0 unspecified atom stereocenters. The summed E-state index contributed by atoms with van der Waals surface area (Å²) in [6.07, 6.45) is 0. The lowest BCUT2D eigenvalue weighted by atomic mass is 9.80. The molecule has 2 aliphatic rings. The molecule has 0 saturated heterocycles. The van der Waals surface area contributed by atoms with Gasteiger partial charge in [-0.2, -0.15) is 0 Å². The van der Waals surface area contributed by atoms with E-state index in [0.29, 0.717) is 22.3 Å². The summed E-state index contributed by atoms with van der Waals surface area (Å²) in [7, 11) is 0. The van der Waals surface area contributed by atoms with E-state index in [1.165, 1.54) is 113 Å². The molecule has 0 N–H and O–H groups in total. The predicted molar refractivity (Wildman–Crippen MR) is 318 cm³/mol. The molecule has 77 heavy (non-hydrogen) atoms. The average molecular weight is 987 g/mol. The second-order valence-electron chi connectivity index (χ2n) is 22.7. The van der Waals surface area contributed by atoms with Crippen molar-refractivity contribution in [2.24, 2.45) is 0 Å². The Balaban J connectivity index is 0.866. The van der Waals surface area contributed by atoms with Gasteiger partial charge in [-0.15, -0.1) is 0 Å². The number of fused-ring (bicyclic) bond motifs is 8. The summed E-state index contributed by atoms with van der Waals surface area (Å²) < 4.78 is 0. The first-order valence-corrected chi connectivity index (χ1v) is 26.8. The third kappa shape index (κ3) is 4.66. The summed E-state index contributed by atoms with van der Waals surface area (Å²) in [6.45, 7) is 9.78. The maximum atomic E-state index is 13.9. The molecule has 4 amide bonds. The minimum Gasteiger partial charge on any atom is -0.272 e. The van der Waals surface area contributed by atoms with Gasteiger partial charge in [0.2, 0.25) is 0 Å². The number of hydrogen-bond acceptors (Lipinski definition) is 4. The van der Waals surface area contributed by atoms with Crippen LogP contribution in [0.2, 0.25) is 0 Å². The molecule has 0 aliphatic carbocycles. The molecule has 0 fully saturated rings. The van der Waals surface area contributed by atoms with Crippen molar-refractivity contribution in [2.45, 2.75) is 46.7 Å². The summed E-state index contributed by atoms with van der Waals surface area (Å²) in [5, 5.41) is 31.8. The van der Waals surface area contributed by atoms with E-state index in [2.05, 4.69) is 134 Å². The van der Waals surface area contributed by atoms with E-state index >= 15 is 0 Å². The topological polar surface area (TPSA) is 74.8 Å². The minimum atomic E-state index is -0.250. The summed E-state index contributed by atoms with van der Waals surface area (Å²) in [5.41, 5.74) is 5.89. The number of aryl methyl sites for hydroxylation is 1. The van der Waals surface area contributed by atoms with Crippen molar-refractivity contribution >= 4 is 174 Å². The lowest BCUT2D eigenvalue weighted by Gasteiger charge is -2.31. The van der Waals surface area contributed by atoms with Crippen LogP contribution in [0.15, 0.2) is 152 Å². The van der Waals surface area contributed by atoms with Crippen LogP contribution in [0.5, 0.6) is 0 Å². The Morgan fingerprint density at radius 3 is 0.805 bits per heavy atom. The lowest BCUT2D eigenvalue weighted by Crippen LogP contribution is -2.44. The van der Waals surface area contributed by atoms with Gasteiger partial charge >= 0.3 is 0 Å². The summed E-state index contributed by atoms with van der Waals surface area (Å²) in [5.74, 6) is -0.930. The van der Waals surface area contributed by atoms with Gasteiger partial charge in [-0.05, 0) is 216 Å². The number of carbonyl (C=O) groups is 4. The molecule has 0 radical (unpaired) electrons. The van der Waals surface area contributed by atoms with E-state index in [1.54, 1.807) is 0 Å². The van der Waals surface area contributed by atoms with Crippen LogP contribution in [0.4, 0.5) is 0 Å². The van der Waals surface area contributed by atoms with Gasteiger partial charge in [-0.3, -0.25) is 29.0 Å². The molecule has 2 aliphatic heterocycles. The van der Waals surface area contributed by atoms with Gasteiger partial charge in [0.05, 0.1) is 0 Å². The first-order chi connectivity index (χ1) is 37.5. The van der Waals surface area contributed by atoms with Gasteiger partial charge in [0.25, 0.3) is 23.6 Å². The molecular formula is C71H42N2O4. The van der Waals surface area contributed by atoms with Crippen LogP contribution in [0.3, 0.4) is 0 Å². The molecule has 0 atom stereocenters. The highest BCUT2D eigenvalue weighted by atomic mass is 16.2. The maximum absolute atomic E-state index is 13.9. The Hall–Kier alpha value is -9.52. The smallest absolute Gasteiger partial charge is 0.261 e. The summed E-state index contributed by atoms with van der Waals surface area (Å²) in [6, 6.07) is 54.7. The molecule has 2 heterocycles. The van der Waals surface area contributed by atoms with E-state index < -0.39 is 0 Å². The zero-order valence-corrected chi connectivity index (χ0v) is 42.6.